The monoisotopic (exact) mass is 190 g/mol. The molecule has 14 heavy (non-hydrogen) atoms. The Bertz CT molecular complexity index is 280. The van der Waals surface area contributed by atoms with Crippen molar-refractivity contribution in [2.24, 2.45) is 0 Å². The van der Waals surface area contributed by atoms with Crippen LogP contribution in [0.15, 0.2) is 23.9 Å². The average Bonchev–Trinajstić information content (AvgIpc) is 2.26. The van der Waals surface area contributed by atoms with Crippen LogP contribution in [0.5, 0.6) is 0 Å². The smallest absolute Gasteiger partial charge is 0.160 e. The van der Waals surface area contributed by atoms with Crippen LogP contribution in [0.4, 0.5) is 0 Å². The van der Waals surface area contributed by atoms with Crippen molar-refractivity contribution in [3.8, 4) is 6.07 Å². The van der Waals surface area contributed by atoms with Gasteiger partial charge in [0.05, 0.1) is 5.57 Å². The summed E-state index contributed by atoms with van der Waals surface area (Å²) >= 11 is 0. The van der Waals surface area contributed by atoms with Crippen LogP contribution in [0, 0.1) is 11.3 Å². The fourth-order valence-corrected chi connectivity index (χ4v) is 1.44. The molecule has 1 heterocycles. The zero-order valence-electron chi connectivity index (χ0n) is 8.15. The number of aldehydes is 1. The average molecular weight is 190 g/mol. The number of likely N-dealkylation sites (tertiary alicyclic amines) is 1. The van der Waals surface area contributed by atoms with E-state index in [0.29, 0.717) is 6.29 Å². The third kappa shape index (κ3) is 3.44. The fraction of sp³-hybridized carbons (Fsp3) is 0.455. The molecule has 74 valence electrons. The topological polar surface area (TPSA) is 44.1 Å². The molecule has 0 radical (unpaired) electrons. The summed E-state index contributed by atoms with van der Waals surface area (Å²) in [4.78, 5) is 12.5. The van der Waals surface area contributed by atoms with E-state index in [1.54, 1.807) is 12.2 Å². The number of nitriles is 1. The first kappa shape index (κ1) is 10.5. The molecular weight excluding hydrogens is 176 g/mol. The van der Waals surface area contributed by atoms with Crippen molar-refractivity contribution >= 4 is 6.29 Å². The SMILES string of the molecule is N#C/C(C=O)=C/C=C/N1CCCCC1. The van der Waals surface area contributed by atoms with E-state index in [-0.39, 0.29) is 5.57 Å². The third-order valence-electron chi connectivity index (χ3n) is 2.22. The second kappa shape index (κ2) is 5.98. The van der Waals surface area contributed by atoms with Gasteiger partial charge in [0.15, 0.2) is 6.29 Å². The van der Waals surface area contributed by atoms with E-state index in [1.165, 1.54) is 19.3 Å². The molecule has 0 unspecified atom stereocenters. The number of nitrogens with zero attached hydrogens (tertiary/aromatic N) is 2. The molecular formula is C11H14N2O. The number of piperidine rings is 1. The van der Waals surface area contributed by atoms with Gasteiger partial charge in [-0.3, -0.25) is 4.79 Å². The van der Waals surface area contributed by atoms with Gasteiger partial charge < -0.3 is 4.90 Å². The summed E-state index contributed by atoms with van der Waals surface area (Å²) in [6.07, 6.45) is 9.58. The molecule has 0 bridgehead atoms. The predicted octanol–water partition coefficient (Wildman–Crippen LogP) is 1.63. The van der Waals surface area contributed by atoms with E-state index in [4.69, 9.17) is 5.26 Å². The second-order valence-electron chi connectivity index (χ2n) is 3.29. The van der Waals surface area contributed by atoms with Crippen molar-refractivity contribution in [2.75, 3.05) is 13.1 Å². The van der Waals surface area contributed by atoms with Crippen LogP contribution in [0.3, 0.4) is 0 Å². The Morgan fingerprint density at radius 1 is 1.29 bits per heavy atom. The van der Waals surface area contributed by atoms with Gasteiger partial charge in [0, 0.05) is 13.1 Å². The van der Waals surface area contributed by atoms with Crippen LogP contribution < -0.4 is 0 Å². The molecule has 0 atom stereocenters. The normalized spacial score (nSPS) is 18.2. The largest absolute Gasteiger partial charge is 0.377 e. The van der Waals surface area contributed by atoms with Gasteiger partial charge in [0.1, 0.15) is 6.07 Å². The van der Waals surface area contributed by atoms with Gasteiger partial charge in [-0.2, -0.15) is 5.26 Å². The van der Waals surface area contributed by atoms with Gasteiger partial charge >= 0.3 is 0 Å². The minimum atomic E-state index is 0.165. The van der Waals surface area contributed by atoms with Crippen molar-refractivity contribution in [1.82, 2.24) is 4.90 Å². The van der Waals surface area contributed by atoms with E-state index >= 15 is 0 Å². The Hall–Kier alpha value is -1.56. The fourth-order valence-electron chi connectivity index (χ4n) is 1.44. The number of hydrogen-bond acceptors (Lipinski definition) is 3. The highest BCUT2D eigenvalue weighted by Gasteiger charge is 2.04. The van der Waals surface area contributed by atoms with Crippen LogP contribution in [0.25, 0.3) is 0 Å². The summed E-state index contributed by atoms with van der Waals surface area (Å²) in [5, 5.41) is 8.47. The van der Waals surface area contributed by atoms with Gasteiger partial charge in [-0.05, 0) is 37.6 Å². The lowest BCUT2D eigenvalue weighted by atomic mass is 10.1. The molecule has 1 fully saturated rings. The number of allylic oxidation sites excluding steroid dienone is 3. The van der Waals surface area contributed by atoms with Gasteiger partial charge in [0.25, 0.3) is 0 Å². The molecule has 0 aromatic rings. The summed E-state index contributed by atoms with van der Waals surface area (Å²) in [5.41, 5.74) is 0.165. The molecule has 0 N–H and O–H groups in total. The summed E-state index contributed by atoms with van der Waals surface area (Å²) in [6.45, 7) is 2.15. The van der Waals surface area contributed by atoms with E-state index in [1.807, 2.05) is 12.3 Å². The predicted molar refractivity (Wildman–Crippen MR) is 54.3 cm³/mol. The first-order chi connectivity index (χ1) is 6.86. The van der Waals surface area contributed by atoms with Crippen LogP contribution >= 0.6 is 0 Å². The molecule has 3 heteroatoms. The summed E-state index contributed by atoms with van der Waals surface area (Å²) in [7, 11) is 0. The lowest BCUT2D eigenvalue weighted by molar-refractivity contribution is -0.104. The molecule has 1 aliphatic rings. The lowest BCUT2D eigenvalue weighted by Crippen LogP contribution is -2.23. The van der Waals surface area contributed by atoms with Gasteiger partial charge in [0.2, 0.25) is 0 Å². The zero-order valence-corrected chi connectivity index (χ0v) is 8.15. The Kier molecular flexibility index (Phi) is 4.49. The first-order valence-electron chi connectivity index (χ1n) is 4.84. The summed E-state index contributed by atoms with van der Waals surface area (Å²) < 4.78 is 0. The number of carbonyl (C=O) groups is 1. The third-order valence-corrected chi connectivity index (χ3v) is 2.22. The quantitative estimate of drug-likeness (QED) is 0.294. The molecule has 0 saturated carbocycles. The van der Waals surface area contributed by atoms with Crippen molar-refractivity contribution in [1.29, 1.82) is 5.26 Å². The highest BCUT2D eigenvalue weighted by atomic mass is 16.1. The Morgan fingerprint density at radius 2 is 2.00 bits per heavy atom. The van der Waals surface area contributed by atoms with Gasteiger partial charge in [-0.1, -0.05) is 0 Å². The summed E-state index contributed by atoms with van der Waals surface area (Å²) in [6, 6.07) is 1.81. The number of rotatable bonds is 3. The molecule has 3 nitrogen and oxygen atoms in total. The maximum atomic E-state index is 10.3. The maximum absolute atomic E-state index is 10.3. The highest BCUT2D eigenvalue weighted by molar-refractivity contribution is 5.79. The highest BCUT2D eigenvalue weighted by Crippen LogP contribution is 2.08. The Morgan fingerprint density at radius 3 is 2.57 bits per heavy atom. The first-order valence-corrected chi connectivity index (χ1v) is 4.84. The number of hydrogen-bond donors (Lipinski definition) is 0. The van der Waals surface area contributed by atoms with Crippen LogP contribution in [0.2, 0.25) is 0 Å². The molecule has 0 amide bonds. The van der Waals surface area contributed by atoms with Crippen molar-refractivity contribution in [3.05, 3.63) is 23.9 Å². The molecule has 0 aromatic heterocycles. The van der Waals surface area contributed by atoms with Crippen molar-refractivity contribution < 1.29 is 4.79 Å². The standard InChI is InChI=1S/C11H14N2O/c12-9-11(10-14)5-4-8-13-6-2-1-3-7-13/h4-5,8,10H,1-3,6-7H2/b8-4+,11-5-. The van der Waals surface area contributed by atoms with Crippen molar-refractivity contribution in [2.45, 2.75) is 19.3 Å². The van der Waals surface area contributed by atoms with Crippen LogP contribution in [0.1, 0.15) is 19.3 Å². The zero-order chi connectivity index (χ0) is 10.2. The number of carbonyl (C=O) groups excluding carboxylic acids is 1. The van der Waals surface area contributed by atoms with Gasteiger partial charge in [-0.25, -0.2) is 0 Å². The molecule has 0 aromatic carbocycles. The van der Waals surface area contributed by atoms with Crippen LogP contribution in [-0.2, 0) is 4.79 Å². The van der Waals surface area contributed by atoms with E-state index in [0.717, 1.165) is 13.1 Å². The molecule has 1 aliphatic heterocycles. The van der Waals surface area contributed by atoms with Crippen molar-refractivity contribution in [3.63, 3.8) is 0 Å². The lowest BCUT2D eigenvalue weighted by Gasteiger charge is -2.24. The summed E-state index contributed by atoms with van der Waals surface area (Å²) in [5.74, 6) is 0. The maximum Gasteiger partial charge on any atom is 0.160 e. The molecule has 0 spiro atoms. The second-order valence-corrected chi connectivity index (χ2v) is 3.29. The van der Waals surface area contributed by atoms with Crippen LogP contribution in [-0.4, -0.2) is 24.3 Å². The Labute approximate surface area is 84.3 Å². The molecule has 0 aliphatic carbocycles. The van der Waals surface area contributed by atoms with E-state index in [9.17, 15) is 4.79 Å². The molecule has 1 saturated heterocycles. The Balaban J connectivity index is 2.42. The molecule has 1 rings (SSSR count). The van der Waals surface area contributed by atoms with E-state index in [2.05, 4.69) is 4.90 Å². The minimum Gasteiger partial charge on any atom is -0.377 e. The minimum absolute atomic E-state index is 0.165. The van der Waals surface area contributed by atoms with E-state index < -0.39 is 0 Å². The van der Waals surface area contributed by atoms with Gasteiger partial charge in [-0.15, -0.1) is 0 Å².